The first-order chi connectivity index (χ1) is 21.2. The van der Waals surface area contributed by atoms with Crippen molar-refractivity contribution < 1.29 is 18.3 Å². The number of benzene rings is 3. The van der Waals surface area contributed by atoms with Gasteiger partial charge in [0.15, 0.2) is 6.19 Å². The predicted molar refractivity (Wildman–Crippen MR) is 171 cm³/mol. The van der Waals surface area contributed by atoms with Crippen molar-refractivity contribution in [3.63, 3.8) is 0 Å². The maximum atomic E-state index is 12.6. The monoisotopic (exact) mass is 629 g/mol. The third kappa shape index (κ3) is 6.87. The zero-order valence-electron chi connectivity index (χ0n) is 24.2. The Balaban J connectivity index is 1.77. The van der Waals surface area contributed by atoms with Crippen LogP contribution in [0.15, 0.2) is 114 Å². The van der Waals surface area contributed by atoms with Crippen molar-refractivity contribution in [1.29, 1.82) is 5.26 Å². The Hall–Kier alpha value is -4.40. The van der Waals surface area contributed by atoms with Gasteiger partial charge < -0.3 is 9.84 Å². The third-order valence-corrected chi connectivity index (χ3v) is 8.56. The van der Waals surface area contributed by atoms with Crippen LogP contribution in [-0.4, -0.2) is 52.1 Å². The summed E-state index contributed by atoms with van der Waals surface area (Å²) in [5, 5.41) is 29.0. The SMILES string of the molecule is CC1(C)OC2=CC=CC(=S(=O)=O)C2C(N(C(=Nc2ccc(Cl)cc2)NC#N)N(Cc2ccccc2)Cc2ccccc2)C1O. The van der Waals surface area contributed by atoms with Crippen LogP contribution in [0.5, 0.6) is 0 Å². The zero-order chi connectivity index (χ0) is 31.3. The molecule has 0 saturated carbocycles. The summed E-state index contributed by atoms with van der Waals surface area (Å²) in [4.78, 5) is 4.87. The molecule has 0 radical (unpaired) electrons. The van der Waals surface area contributed by atoms with E-state index in [2.05, 4.69) is 5.32 Å². The molecule has 0 spiro atoms. The normalized spacial score (nSPS) is 20.6. The summed E-state index contributed by atoms with van der Waals surface area (Å²) in [5.41, 5.74) is 1.27. The molecule has 3 aromatic rings. The summed E-state index contributed by atoms with van der Waals surface area (Å²) in [5.74, 6) is -0.432. The van der Waals surface area contributed by atoms with Crippen LogP contribution >= 0.6 is 11.6 Å². The lowest BCUT2D eigenvalue weighted by Gasteiger charge is -2.53. The first kappa shape index (κ1) is 31.0. The maximum Gasteiger partial charge on any atom is 0.227 e. The molecular weight excluding hydrogens is 598 g/mol. The summed E-state index contributed by atoms with van der Waals surface area (Å²) >= 11 is 6.14. The van der Waals surface area contributed by atoms with Crippen molar-refractivity contribution in [2.75, 3.05) is 0 Å². The van der Waals surface area contributed by atoms with Crippen LogP contribution in [0.2, 0.25) is 5.02 Å². The molecule has 1 saturated heterocycles. The number of nitrogens with one attached hydrogen (secondary N) is 1. The van der Waals surface area contributed by atoms with Crippen molar-refractivity contribution >= 4 is 38.4 Å². The van der Waals surface area contributed by atoms with Gasteiger partial charge in [-0.05, 0) is 61.4 Å². The van der Waals surface area contributed by atoms with Crippen LogP contribution in [-0.2, 0) is 28.1 Å². The number of allylic oxidation sites excluding steroid dienone is 3. The number of ether oxygens (including phenoxy) is 1. The zero-order valence-corrected chi connectivity index (χ0v) is 25.8. The van der Waals surface area contributed by atoms with E-state index in [1.165, 1.54) is 6.08 Å². The van der Waals surface area contributed by atoms with E-state index in [4.69, 9.17) is 21.3 Å². The van der Waals surface area contributed by atoms with Crippen LogP contribution in [0.25, 0.3) is 0 Å². The molecule has 1 aliphatic carbocycles. The molecule has 3 unspecified atom stereocenters. The molecule has 9 nitrogen and oxygen atoms in total. The number of rotatable bonds is 7. The van der Waals surface area contributed by atoms with E-state index in [1.54, 1.807) is 55.3 Å². The summed E-state index contributed by atoms with van der Waals surface area (Å²) < 4.78 is 31.5. The van der Waals surface area contributed by atoms with E-state index in [-0.39, 0.29) is 10.8 Å². The fourth-order valence-corrected chi connectivity index (χ4v) is 6.27. The molecule has 0 aromatic heterocycles. The summed E-state index contributed by atoms with van der Waals surface area (Å²) in [6, 6.07) is 25.3. The van der Waals surface area contributed by atoms with E-state index in [1.807, 2.05) is 71.9 Å². The van der Waals surface area contributed by atoms with Gasteiger partial charge in [-0.2, -0.15) is 13.7 Å². The van der Waals surface area contributed by atoms with Gasteiger partial charge in [-0.1, -0.05) is 78.3 Å². The standard InChI is InChI=1S/C33H32ClN5O4S/c1-33(2)31(40)30(29-27(43-33)14-9-15-28(29)44(41)42)39(32(36-22-35)37-26-18-16-25(34)17-19-26)38(20-23-10-5-3-6-11-23)21-24-12-7-4-8-13-24/h3-19,29-31,40H,20-21H2,1-2H3,(H,36,37). The molecule has 0 amide bonds. The Labute approximate surface area is 263 Å². The molecule has 11 heteroatoms. The summed E-state index contributed by atoms with van der Waals surface area (Å²) in [7, 11) is -2.63. The summed E-state index contributed by atoms with van der Waals surface area (Å²) in [6.07, 6.45) is 5.60. The van der Waals surface area contributed by atoms with Gasteiger partial charge in [-0.15, -0.1) is 0 Å². The van der Waals surface area contributed by atoms with Crippen molar-refractivity contribution in [3.8, 4) is 6.19 Å². The van der Waals surface area contributed by atoms with E-state index >= 15 is 0 Å². The van der Waals surface area contributed by atoms with Gasteiger partial charge in [0.05, 0.1) is 22.5 Å². The summed E-state index contributed by atoms with van der Waals surface area (Å²) in [6.45, 7) is 4.17. The molecule has 1 fully saturated rings. The van der Waals surface area contributed by atoms with Crippen molar-refractivity contribution in [2.24, 2.45) is 10.9 Å². The van der Waals surface area contributed by atoms with Crippen molar-refractivity contribution in [1.82, 2.24) is 15.3 Å². The number of hydrogen-bond donors (Lipinski definition) is 2. The average Bonchev–Trinajstić information content (AvgIpc) is 3.00. The molecule has 226 valence electrons. The van der Waals surface area contributed by atoms with Gasteiger partial charge in [-0.3, -0.25) is 10.3 Å². The Morgan fingerprint density at radius 2 is 1.61 bits per heavy atom. The lowest BCUT2D eigenvalue weighted by molar-refractivity contribution is -0.170. The first-order valence-corrected chi connectivity index (χ1v) is 15.5. The third-order valence-electron chi connectivity index (χ3n) is 7.53. The highest BCUT2D eigenvalue weighted by Gasteiger charge is 2.54. The number of nitriles is 1. The molecule has 3 atom stereocenters. The fourth-order valence-electron chi connectivity index (χ4n) is 5.50. The molecule has 0 bridgehead atoms. The topological polar surface area (TPSA) is 118 Å². The predicted octanol–water partition coefficient (Wildman–Crippen LogP) is 4.98. The molecule has 44 heavy (non-hydrogen) atoms. The highest BCUT2D eigenvalue weighted by Crippen LogP contribution is 2.41. The van der Waals surface area contributed by atoms with Gasteiger partial charge in [0.25, 0.3) is 0 Å². The number of aliphatic hydroxyl groups is 1. The van der Waals surface area contributed by atoms with Crippen molar-refractivity contribution in [2.45, 2.75) is 44.7 Å². The van der Waals surface area contributed by atoms with E-state index in [0.29, 0.717) is 29.6 Å². The lowest BCUT2D eigenvalue weighted by atomic mass is 9.78. The fraction of sp³-hybridized carbons (Fsp3) is 0.242. The number of hydrazine groups is 1. The maximum absolute atomic E-state index is 12.6. The van der Waals surface area contributed by atoms with Gasteiger partial charge in [0, 0.05) is 18.1 Å². The second-order valence-electron chi connectivity index (χ2n) is 11.0. The highest BCUT2D eigenvalue weighted by molar-refractivity contribution is 7.73. The van der Waals surface area contributed by atoms with Crippen LogP contribution in [0.4, 0.5) is 5.69 Å². The molecule has 1 heterocycles. The smallest absolute Gasteiger partial charge is 0.227 e. The molecule has 3 aromatic carbocycles. The molecule has 1 aliphatic heterocycles. The largest absolute Gasteiger partial charge is 0.489 e. The number of fused-ring (bicyclic) bond motifs is 1. The van der Waals surface area contributed by atoms with Crippen LogP contribution in [0, 0.1) is 17.4 Å². The number of aliphatic imine (C=N–C) groups is 1. The number of aliphatic hydroxyl groups excluding tert-OH is 1. The molecular formula is C33H32ClN5O4S. The Morgan fingerprint density at radius 1 is 1.02 bits per heavy atom. The van der Waals surface area contributed by atoms with Gasteiger partial charge in [-0.25, -0.2) is 10.0 Å². The van der Waals surface area contributed by atoms with E-state index in [9.17, 15) is 18.8 Å². The quantitative estimate of drug-likeness (QED) is 0.0939. The lowest BCUT2D eigenvalue weighted by Crippen LogP contribution is -2.68. The van der Waals surface area contributed by atoms with Gasteiger partial charge in [0.2, 0.25) is 16.3 Å². The number of nitrogens with zero attached hydrogens (tertiary/aromatic N) is 4. The van der Waals surface area contributed by atoms with Gasteiger partial charge in [0.1, 0.15) is 17.5 Å². The average molecular weight is 630 g/mol. The Kier molecular flexibility index (Phi) is 9.52. The number of guanidine groups is 1. The molecule has 2 aliphatic rings. The second-order valence-corrected chi connectivity index (χ2v) is 12.3. The second kappa shape index (κ2) is 13.5. The minimum atomic E-state index is -2.63. The number of hydrogen-bond acceptors (Lipinski definition) is 7. The van der Waals surface area contributed by atoms with Gasteiger partial charge >= 0.3 is 0 Å². The molecule has 2 N–H and O–H groups in total. The molecule has 5 rings (SSSR count). The Morgan fingerprint density at radius 3 is 2.16 bits per heavy atom. The minimum absolute atomic E-state index is 0.0502. The van der Waals surface area contributed by atoms with Crippen molar-refractivity contribution in [3.05, 3.63) is 125 Å². The van der Waals surface area contributed by atoms with Crippen LogP contribution < -0.4 is 5.32 Å². The first-order valence-electron chi connectivity index (χ1n) is 14.0. The number of halogens is 1. The van der Waals surface area contributed by atoms with E-state index < -0.39 is 34.0 Å². The Bertz CT molecular complexity index is 1700. The van der Waals surface area contributed by atoms with Crippen LogP contribution in [0.1, 0.15) is 25.0 Å². The highest BCUT2D eigenvalue weighted by atomic mass is 35.5. The van der Waals surface area contributed by atoms with Crippen LogP contribution in [0.3, 0.4) is 0 Å². The van der Waals surface area contributed by atoms with E-state index in [0.717, 1.165) is 11.1 Å². The minimum Gasteiger partial charge on any atom is -0.489 e.